The van der Waals surface area contributed by atoms with Gasteiger partial charge in [0.15, 0.2) is 0 Å². The second-order valence-electron chi connectivity index (χ2n) is 9.07. The van der Waals surface area contributed by atoms with Crippen LogP contribution in [0.1, 0.15) is 48.0 Å². The molecule has 0 radical (unpaired) electrons. The summed E-state index contributed by atoms with van der Waals surface area (Å²) in [6, 6.07) is 11.9. The summed E-state index contributed by atoms with van der Waals surface area (Å²) in [6.07, 6.45) is 3.94. The summed E-state index contributed by atoms with van der Waals surface area (Å²) in [5.41, 5.74) is 1.56. The molecule has 1 N–H and O–H groups in total. The van der Waals surface area contributed by atoms with Gasteiger partial charge >= 0.3 is 0 Å². The molecule has 2 aliphatic heterocycles. The maximum atomic E-state index is 13.0. The van der Waals surface area contributed by atoms with E-state index >= 15 is 0 Å². The molecule has 0 unspecified atom stereocenters. The van der Waals surface area contributed by atoms with Crippen LogP contribution < -0.4 is 5.32 Å². The molecule has 2 amide bonds. The van der Waals surface area contributed by atoms with Crippen molar-refractivity contribution in [2.75, 3.05) is 31.5 Å². The lowest BCUT2D eigenvalue weighted by Crippen LogP contribution is -2.42. The molecule has 0 atom stereocenters. The monoisotopic (exact) mass is 537 g/mol. The van der Waals surface area contributed by atoms with E-state index < -0.39 is 10.0 Å². The number of carbonyl (C=O) groups excluding carboxylic acids is 2. The average Bonchev–Trinajstić information content (AvgIpc) is 2.86. The minimum Gasteiger partial charge on any atom is -0.339 e. The summed E-state index contributed by atoms with van der Waals surface area (Å²) in [4.78, 5) is 27.9. The van der Waals surface area contributed by atoms with Crippen LogP contribution in [-0.2, 0) is 20.6 Å². The van der Waals surface area contributed by atoms with E-state index in [-0.39, 0.29) is 36.6 Å². The van der Waals surface area contributed by atoms with Gasteiger partial charge in [-0.05, 0) is 61.9 Å². The Balaban J connectivity index is 1.36. The first-order chi connectivity index (χ1) is 16.7. The molecule has 2 aliphatic rings. The predicted molar refractivity (Wildman–Crippen MR) is 138 cm³/mol. The molecule has 2 heterocycles. The van der Waals surface area contributed by atoms with E-state index in [0.717, 1.165) is 32.4 Å². The molecule has 0 spiro atoms. The molecule has 0 aromatic heterocycles. The molecule has 4 rings (SSSR count). The number of halogens is 2. The van der Waals surface area contributed by atoms with Gasteiger partial charge in [-0.1, -0.05) is 41.4 Å². The molecule has 7 nitrogen and oxygen atoms in total. The predicted octanol–water partition coefficient (Wildman–Crippen LogP) is 4.80. The Morgan fingerprint density at radius 1 is 0.914 bits per heavy atom. The molecule has 35 heavy (non-hydrogen) atoms. The molecule has 0 aliphatic carbocycles. The van der Waals surface area contributed by atoms with Gasteiger partial charge in [0.25, 0.3) is 5.91 Å². The third kappa shape index (κ3) is 6.36. The van der Waals surface area contributed by atoms with Gasteiger partial charge in [0.2, 0.25) is 15.9 Å². The number of carbonyl (C=O) groups is 2. The first kappa shape index (κ1) is 25.9. The van der Waals surface area contributed by atoms with Crippen LogP contribution in [0.5, 0.6) is 0 Å². The molecule has 2 saturated heterocycles. The van der Waals surface area contributed by atoms with Gasteiger partial charge < -0.3 is 10.2 Å². The number of sulfonamides is 1. The summed E-state index contributed by atoms with van der Waals surface area (Å²) in [7, 11) is -3.55. The fraction of sp³-hybridized carbons (Fsp3) is 0.440. The van der Waals surface area contributed by atoms with Gasteiger partial charge in [0.1, 0.15) is 0 Å². The molecule has 0 saturated carbocycles. The molecular formula is C25H29Cl2N3O4S. The summed E-state index contributed by atoms with van der Waals surface area (Å²) >= 11 is 11.9. The maximum Gasteiger partial charge on any atom is 0.255 e. The zero-order valence-electron chi connectivity index (χ0n) is 19.4. The van der Waals surface area contributed by atoms with Gasteiger partial charge in [-0.2, -0.15) is 0 Å². The number of benzene rings is 2. The normalized spacial score (nSPS) is 17.8. The lowest BCUT2D eigenvalue weighted by Gasteiger charge is -2.31. The largest absolute Gasteiger partial charge is 0.339 e. The van der Waals surface area contributed by atoms with Crippen molar-refractivity contribution in [3.63, 3.8) is 0 Å². The Morgan fingerprint density at radius 2 is 1.60 bits per heavy atom. The van der Waals surface area contributed by atoms with Crippen molar-refractivity contribution in [3.05, 3.63) is 63.6 Å². The van der Waals surface area contributed by atoms with Crippen molar-refractivity contribution in [1.29, 1.82) is 0 Å². The van der Waals surface area contributed by atoms with Gasteiger partial charge in [0, 0.05) is 32.1 Å². The van der Waals surface area contributed by atoms with Crippen LogP contribution in [0.3, 0.4) is 0 Å². The Labute approximate surface area is 216 Å². The highest BCUT2D eigenvalue weighted by Crippen LogP contribution is 2.27. The second-order valence-corrected chi connectivity index (χ2v) is 11.8. The van der Waals surface area contributed by atoms with Crippen LogP contribution in [0, 0.1) is 5.92 Å². The minimum atomic E-state index is -3.55. The zero-order valence-corrected chi connectivity index (χ0v) is 21.7. The highest BCUT2D eigenvalue weighted by molar-refractivity contribution is 7.88. The second kappa shape index (κ2) is 11.3. The fourth-order valence-corrected chi connectivity index (χ4v) is 6.48. The quantitative estimate of drug-likeness (QED) is 0.573. The van der Waals surface area contributed by atoms with E-state index in [0.29, 0.717) is 39.7 Å². The van der Waals surface area contributed by atoms with Crippen molar-refractivity contribution < 1.29 is 18.0 Å². The highest BCUT2D eigenvalue weighted by atomic mass is 35.5. The SMILES string of the molecule is O=C(Nc1ccccc1C(=O)N1CCCCC1)C1CCN(S(=O)(=O)Cc2ccc(Cl)c(Cl)c2)CC1. The van der Waals surface area contributed by atoms with Crippen LogP contribution in [0.15, 0.2) is 42.5 Å². The zero-order chi connectivity index (χ0) is 25.0. The molecule has 2 fully saturated rings. The van der Waals surface area contributed by atoms with Crippen molar-refractivity contribution in [3.8, 4) is 0 Å². The summed E-state index contributed by atoms with van der Waals surface area (Å²) in [6.45, 7) is 1.98. The third-order valence-corrected chi connectivity index (χ3v) is 9.20. The molecular weight excluding hydrogens is 509 g/mol. The van der Waals surface area contributed by atoms with Gasteiger partial charge in [0.05, 0.1) is 27.0 Å². The number of likely N-dealkylation sites (tertiary alicyclic amines) is 1. The number of hydrogen-bond donors (Lipinski definition) is 1. The first-order valence-corrected chi connectivity index (χ1v) is 14.2. The number of amides is 2. The standard InChI is InChI=1S/C25H29Cl2N3O4S/c26-21-9-8-18(16-22(21)27)17-35(33,34)30-14-10-19(11-15-30)24(31)28-23-7-3-2-6-20(23)25(32)29-12-4-1-5-13-29/h2-3,6-9,16,19H,1,4-5,10-15,17H2,(H,28,31). The topological polar surface area (TPSA) is 86.8 Å². The lowest BCUT2D eigenvalue weighted by atomic mass is 9.97. The van der Waals surface area contributed by atoms with Crippen LogP contribution in [-0.4, -0.2) is 55.6 Å². The molecule has 2 aromatic carbocycles. The number of rotatable bonds is 6. The average molecular weight is 538 g/mol. The molecule has 10 heteroatoms. The van der Waals surface area contributed by atoms with E-state index in [4.69, 9.17) is 23.2 Å². The Morgan fingerprint density at radius 3 is 2.29 bits per heavy atom. The number of hydrogen-bond acceptors (Lipinski definition) is 4. The third-order valence-electron chi connectivity index (χ3n) is 6.61. The Hall–Kier alpha value is -2.13. The van der Waals surface area contributed by atoms with E-state index in [1.165, 1.54) is 4.31 Å². The smallest absolute Gasteiger partial charge is 0.255 e. The number of anilines is 1. The summed E-state index contributed by atoms with van der Waals surface area (Å²) < 4.78 is 27.2. The van der Waals surface area contributed by atoms with Gasteiger partial charge in [-0.25, -0.2) is 12.7 Å². The Kier molecular flexibility index (Phi) is 8.37. The summed E-state index contributed by atoms with van der Waals surface area (Å²) in [5, 5.41) is 3.61. The maximum absolute atomic E-state index is 13.0. The van der Waals surface area contributed by atoms with Crippen LogP contribution in [0.25, 0.3) is 0 Å². The van der Waals surface area contributed by atoms with Gasteiger partial charge in [-0.3, -0.25) is 9.59 Å². The van der Waals surface area contributed by atoms with E-state index in [1.807, 2.05) is 4.90 Å². The van der Waals surface area contributed by atoms with E-state index in [2.05, 4.69) is 5.32 Å². The highest BCUT2D eigenvalue weighted by Gasteiger charge is 2.32. The molecule has 188 valence electrons. The van der Waals surface area contributed by atoms with Crippen LogP contribution in [0.2, 0.25) is 10.0 Å². The van der Waals surface area contributed by atoms with Crippen molar-refractivity contribution >= 4 is 50.7 Å². The van der Waals surface area contributed by atoms with Crippen LogP contribution >= 0.6 is 23.2 Å². The lowest BCUT2D eigenvalue weighted by molar-refractivity contribution is -0.120. The first-order valence-electron chi connectivity index (χ1n) is 11.9. The number of nitrogens with zero attached hydrogens (tertiary/aromatic N) is 2. The number of nitrogens with one attached hydrogen (secondary N) is 1. The number of para-hydroxylation sites is 1. The van der Waals surface area contributed by atoms with Crippen molar-refractivity contribution in [2.45, 2.75) is 37.9 Å². The van der Waals surface area contributed by atoms with E-state index in [1.54, 1.807) is 42.5 Å². The minimum absolute atomic E-state index is 0.0659. The van der Waals surface area contributed by atoms with Crippen molar-refractivity contribution in [2.24, 2.45) is 5.92 Å². The molecule has 2 aromatic rings. The van der Waals surface area contributed by atoms with Crippen molar-refractivity contribution in [1.82, 2.24) is 9.21 Å². The number of piperidine rings is 2. The fourth-order valence-electron chi connectivity index (χ4n) is 4.61. The van der Waals surface area contributed by atoms with Crippen LogP contribution in [0.4, 0.5) is 5.69 Å². The van der Waals surface area contributed by atoms with Gasteiger partial charge in [-0.15, -0.1) is 0 Å². The van der Waals surface area contributed by atoms with E-state index in [9.17, 15) is 18.0 Å². The molecule has 0 bridgehead atoms. The summed E-state index contributed by atoms with van der Waals surface area (Å²) in [5.74, 6) is -0.758. The Bertz CT molecular complexity index is 1190.